The summed E-state index contributed by atoms with van der Waals surface area (Å²) in [6, 6.07) is 2.22. The van der Waals surface area contributed by atoms with Gasteiger partial charge in [-0.3, -0.25) is 0 Å². The topological polar surface area (TPSA) is 15.3 Å². The Morgan fingerprint density at radius 3 is 2.50 bits per heavy atom. The van der Waals surface area contributed by atoms with Crippen molar-refractivity contribution in [2.24, 2.45) is 5.41 Å². The van der Waals surface area contributed by atoms with Gasteiger partial charge in [-0.2, -0.15) is 0 Å². The van der Waals surface area contributed by atoms with Crippen LogP contribution in [-0.4, -0.2) is 32.1 Å². The lowest BCUT2D eigenvalue weighted by molar-refractivity contribution is 0.154. The van der Waals surface area contributed by atoms with Crippen molar-refractivity contribution < 1.29 is 0 Å². The van der Waals surface area contributed by atoms with E-state index in [0.29, 0.717) is 5.41 Å². The smallest absolute Gasteiger partial charge is 0.0325 e. The third-order valence-electron chi connectivity index (χ3n) is 3.70. The third kappa shape index (κ3) is 4.65. The molecule has 1 heterocycles. The fourth-order valence-corrected chi connectivity index (χ4v) is 4.02. The van der Waals surface area contributed by atoms with Crippen LogP contribution in [0, 0.1) is 5.41 Å². The molecular formula is C14H25BrN2S. The highest BCUT2D eigenvalue weighted by atomic mass is 79.9. The maximum absolute atomic E-state index is 3.52. The molecule has 0 aliphatic rings. The van der Waals surface area contributed by atoms with Gasteiger partial charge in [0.15, 0.2) is 0 Å². The number of nitrogens with one attached hydrogen (secondary N) is 1. The highest BCUT2D eigenvalue weighted by Crippen LogP contribution is 2.28. The molecule has 2 nitrogen and oxygen atoms in total. The second-order valence-corrected chi connectivity index (χ2v) is 7.05. The van der Waals surface area contributed by atoms with Crippen molar-refractivity contribution in [1.29, 1.82) is 0 Å². The molecule has 0 amide bonds. The molecule has 18 heavy (non-hydrogen) atoms. The summed E-state index contributed by atoms with van der Waals surface area (Å²) in [4.78, 5) is 3.87. The molecule has 0 spiro atoms. The zero-order valence-corrected chi connectivity index (χ0v) is 14.3. The molecule has 0 atom stereocenters. The highest BCUT2D eigenvalue weighted by molar-refractivity contribution is 9.10. The van der Waals surface area contributed by atoms with E-state index in [-0.39, 0.29) is 0 Å². The van der Waals surface area contributed by atoms with E-state index in [1.807, 2.05) is 11.3 Å². The molecule has 104 valence electrons. The first-order chi connectivity index (χ1) is 8.55. The van der Waals surface area contributed by atoms with Gasteiger partial charge in [0.2, 0.25) is 0 Å². The number of thiophene rings is 1. The number of hydrogen-bond acceptors (Lipinski definition) is 3. The van der Waals surface area contributed by atoms with Crippen molar-refractivity contribution in [3.8, 4) is 0 Å². The van der Waals surface area contributed by atoms with E-state index in [0.717, 1.165) is 19.6 Å². The molecule has 0 unspecified atom stereocenters. The fraction of sp³-hybridized carbons (Fsp3) is 0.714. The Morgan fingerprint density at radius 2 is 2.06 bits per heavy atom. The van der Waals surface area contributed by atoms with Crippen molar-refractivity contribution in [2.45, 2.75) is 33.2 Å². The quantitative estimate of drug-likeness (QED) is 0.774. The zero-order valence-electron chi connectivity index (χ0n) is 11.9. The number of halogens is 1. The van der Waals surface area contributed by atoms with Gasteiger partial charge in [0.1, 0.15) is 0 Å². The molecule has 1 rings (SSSR count). The van der Waals surface area contributed by atoms with Crippen molar-refractivity contribution in [1.82, 2.24) is 10.2 Å². The van der Waals surface area contributed by atoms with E-state index < -0.39 is 0 Å². The third-order valence-corrected chi connectivity index (χ3v) is 5.39. The molecule has 4 heteroatoms. The van der Waals surface area contributed by atoms with Crippen LogP contribution in [0.5, 0.6) is 0 Å². The SMILES string of the molecule is CCC(CC)(CNC)CN(C)Cc1cc(Br)cs1. The van der Waals surface area contributed by atoms with E-state index in [9.17, 15) is 0 Å². The first-order valence-electron chi connectivity index (χ1n) is 6.61. The van der Waals surface area contributed by atoms with Gasteiger partial charge in [-0.05, 0) is 54.3 Å². The standard InChI is InChI=1S/C14H25BrN2S/c1-5-14(6-2,10-16-3)11-17(4)8-13-7-12(15)9-18-13/h7,9,16H,5-6,8,10-11H2,1-4H3. The summed E-state index contributed by atoms with van der Waals surface area (Å²) in [6.07, 6.45) is 2.45. The van der Waals surface area contributed by atoms with Crippen molar-refractivity contribution in [2.75, 3.05) is 27.2 Å². The second-order valence-electron chi connectivity index (χ2n) is 5.14. The Balaban J connectivity index is 2.58. The lowest BCUT2D eigenvalue weighted by Gasteiger charge is -2.35. The van der Waals surface area contributed by atoms with Crippen LogP contribution in [0.1, 0.15) is 31.6 Å². The molecular weight excluding hydrogens is 308 g/mol. The van der Waals surface area contributed by atoms with Crippen LogP contribution in [-0.2, 0) is 6.54 Å². The molecule has 1 aromatic heterocycles. The summed E-state index contributed by atoms with van der Waals surface area (Å²) in [5.74, 6) is 0. The van der Waals surface area contributed by atoms with Crippen LogP contribution in [0.2, 0.25) is 0 Å². The Bertz CT molecular complexity index is 347. The maximum Gasteiger partial charge on any atom is 0.0325 e. The lowest BCUT2D eigenvalue weighted by Crippen LogP contribution is -2.41. The number of rotatable bonds is 8. The zero-order chi connectivity index (χ0) is 13.6. The van der Waals surface area contributed by atoms with E-state index in [4.69, 9.17) is 0 Å². The van der Waals surface area contributed by atoms with Gasteiger partial charge in [0.05, 0.1) is 0 Å². The predicted molar refractivity (Wildman–Crippen MR) is 85.3 cm³/mol. The van der Waals surface area contributed by atoms with Gasteiger partial charge in [-0.25, -0.2) is 0 Å². The van der Waals surface area contributed by atoms with Crippen molar-refractivity contribution in [3.63, 3.8) is 0 Å². The van der Waals surface area contributed by atoms with Crippen molar-refractivity contribution in [3.05, 3.63) is 20.8 Å². The van der Waals surface area contributed by atoms with Crippen LogP contribution in [0.3, 0.4) is 0 Å². The molecule has 0 bridgehead atoms. The van der Waals surface area contributed by atoms with Gasteiger partial charge in [0.25, 0.3) is 0 Å². The van der Waals surface area contributed by atoms with Gasteiger partial charge in [-0.15, -0.1) is 11.3 Å². The Morgan fingerprint density at radius 1 is 1.39 bits per heavy atom. The van der Waals surface area contributed by atoms with Gasteiger partial charge >= 0.3 is 0 Å². The van der Waals surface area contributed by atoms with Crippen LogP contribution < -0.4 is 5.32 Å². The van der Waals surface area contributed by atoms with Gasteiger partial charge in [-0.1, -0.05) is 13.8 Å². The second kappa shape index (κ2) is 7.63. The van der Waals surface area contributed by atoms with E-state index >= 15 is 0 Å². The molecule has 0 saturated heterocycles. The van der Waals surface area contributed by atoms with Crippen molar-refractivity contribution >= 4 is 27.3 Å². The molecule has 0 aromatic carbocycles. The minimum absolute atomic E-state index is 0.401. The molecule has 1 N–H and O–H groups in total. The van der Waals surface area contributed by atoms with E-state index in [2.05, 4.69) is 65.5 Å². The predicted octanol–water partition coefficient (Wildman–Crippen LogP) is 3.97. The Kier molecular flexibility index (Phi) is 6.85. The molecule has 0 aliphatic carbocycles. The Hall–Kier alpha value is 0.1000. The minimum Gasteiger partial charge on any atom is -0.319 e. The molecule has 0 radical (unpaired) electrons. The number of hydrogen-bond donors (Lipinski definition) is 1. The largest absolute Gasteiger partial charge is 0.319 e. The average molecular weight is 333 g/mol. The van der Waals surface area contributed by atoms with Gasteiger partial charge < -0.3 is 10.2 Å². The minimum atomic E-state index is 0.401. The van der Waals surface area contributed by atoms with Gasteiger partial charge in [0, 0.05) is 34.4 Å². The monoisotopic (exact) mass is 332 g/mol. The summed E-state index contributed by atoms with van der Waals surface area (Å²) >= 11 is 5.35. The van der Waals surface area contributed by atoms with E-state index in [1.54, 1.807) is 0 Å². The summed E-state index contributed by atoms with van der Waals surface area (Å²) < 4.78 is 1.20. The van der Waals surface area contributed by atoms with Crippen LogP contribution in [0.4, 0.5) is 0 Å². The van der Waals surface area contributed by atoms with Crippen LogP contribution in [0.25, 0.3) is 0 Å². The Labute approximate surface area is 124 Å². The molecule has 0 fully saturated rings. The fourth-order valence-electron chi connectivity index (χ4n) is 2.49. The molecule has 0 aliphatic heterocycles. The normalized spacial score (nSPS) is 12.3. The summed E-state index contributed by atoms with van der Waals surface area (Å²) in [6.45, 7) is 7.89. The van der Waals surface area contributed by atoms with E-state index in [1.165, 1.54) is 22.2 Å². The number of nitrogens with zero attached hydrogens (tertiary/aromatic N) is 1. The molecule has 1 aromatic rings. The lowest BCUT2D eigenvalue weighted by atomic mass is 9.81. The average Bonchev–Trinajstić information content (AvgIpc) is 2.74. The van der Waals surface area contributed by atoms with Crippen LogP contribution >= 0.6 is 27.3 Å². The van der Waals surface area contributed by atoms with Crippen LogP contribution in [0.15, 0.2) is 15.9 Å². The highest BCUT2D eigenvalue weighted by Gasteiger charge is 2.26. The summed E-state index contributed by atoms with van der Waals surface area (Å²) in [5, 5.41) is 5.51. The summed E-state index contributed by atoms with van der Waals surface area (Å²) in [5.41, 5.74) is 0.401. The maximum atomic E-state index is 3.52. The first kappa shape index (κ1) is 16.2. The summed E-state index contributed by atoms with van der Waals surface area (Å²) in [7, 11) is 4.28. The first-order valence-corrected chi connectivity index (χ1v) is 8.28. The molecule has 0 saturated carbocycles.